The molecule has 1 amide bonds. The predicted molar refractivity (Wildman–Crippen MR) is 90.2 cm³/mol. The topological polar surface area (TPSA) is 46.3 Å². The Balaban J connectivity index is 1.66. The molecule has 1 aliphatic heterocycles. The van der Waals surface area contributed by atoms with Crippen LogP contribution in [-0.2, 0) is 4.79 Å². The van der Waals surface area contributed by atoms with Crippen molar-refractivity contribution >= 4 is 29.4 Å². The number of aryl methyl sites for hydroxylation is 1. The minimum absolute atomic E-state index is 0.0537. The van der Waals surface area contributed by atoms with Gasteiger partial charge in [0.25, 0.3) is 0 Å². The van der Waals surface area contributed by atoms with Crippen LogP contribution in [0.3, 0.4) is 0 Å². The third-order valence-corrected chi connectivity index (χ3v) is 5.57. The maximum absolute atomic E-state index is 12.6. The van der Waals surface area contributed by atoms with E-state index in [4.69, 9.17) is 4.42 Å². The Morgan fingerprint density at radius 2 is 2.23 bits per heavy atom. The van der Waals surface area contributed by atoms with Crippen LogP contribution in [0, 0.1) is 6.92 Å². The van der Waals surface area contributed by atoms with E-state index in [9.17, 15) is 4.79 Å². The fourth-order valence-electron chi connectivity index (χ4n) is 2.43. The van der Waals surface area contributed by atoms with Gasteiger partial charge in [-0.15, -0.1) is 11.8 Å². The molecule has 2 aromatic heterocycles. The van der Waals surface area contributed by atoms with Gasteiger partial charge in [-0.1, -0.05) is 0 Å². The number of amides is 1. The van der Waals surface area contributed by atoms with E-state index in [0.29, 0.717) is 5.75 Å². The second-order valence-corrected chi connectivity index (χ2v) is 7.30. The molecule has 1 fully saturated rings. The van der Waals surface area contributed by atoms with Crippen LogP contribution >= 0.6 is 23.5 Å². The summed E-state index contributed by atoms with van der Waals surface area (Å²) >= 11 is 3.43. The number of aromatic nitrogens is 1. The summed E-state index contributed by atoms with van der Waals surface area (Å²) in [6, 6.07) is 7.86. The molecule has 0 spiro atoms. The average molecular weight is 334 g/mol. The summed E-state index contributed by atoms with van der Waals surface area (Å²) in [4.78, 5) is 19.6. The van der Waals surface area contributed by atoms with E-state index in [1.54, 1.807) is 24.2 Å². The normalized spacial score (nSPS) is 18.4. The van der Waals surface area contributed by atoms with Gasteiger partial charge in [0.15, 0.2) is 0 Å². The molecule has 1 aliphatic rings. The molecule has 0 radical (unpaired) electrons. The second kappa shape index (κ2) is 7.24. The van der Waals surface area contributed by atoms with E-state index in [0.717, 1.165) is 34.5 Å². The number of thioether (sulfide) groups is 2. The van der Waals surface area contributed by atoms with Gasteiger partial charge in [0.2, 0.25) is 5.91 Å². The number of rotatable bonds is 4. The van der Waals surface area contributed by atoms with Crippen molar-refractivity contribution in [2.45, 2.75) is 17.9 Å². The van der Waals surface area contributed by atoms with Gasteiger partial charge in [0, 0.05) is 35.3 Å². The van der Waals surface area contributed by atoms with Crippen molar-refractivity contribution in [1.29, 1.82) is 0 Å². The Kier molecular flexibility index (Phi) is 5.10. The Bertz CT molecular complexity index is 630. The Hall–Kier alpha value is -1.40. The molecule has 4 nitrogen and oxygen atoms in total. The molecular formula is C16H18N2O2S2. The first-order chi connectivity index (χ1) is 10.7. The van der Waals surface area contributed by atoms with E-state index >= 15 is 0 Å². The molecule has 1 saturated heterocycles. The van der Waals surface area contributed by atoms with Crippen molar-refractivity contribution in [3.8, 4) is 0 Å². The summed E-state index contributed by atoms with van der Waals surface area (Å²) in [5.41, 5.74) is 0. The maximum Gasteiger partial charge on any atom is 0.233 e. The Morgan fingerprint density at radius 3 is 2.95 bits per heavy atom. The van der Waals surface area contributed by atoms with Gasteiger partial charge in [-0.05, 0) is 31.2 Å². The lowest BCUT2D eigenvalue weighted by molar-refractivity contribution is -0.130. The minimum Gasteiger partial charge on any atom is -0.464 e. The SMILES string of the molecule is Cc1ccc(C2CSCCN2C(=O)CSc2ccncc2)o1. The number of pyridine rings is 1. The van der Waals surface area contributed by atoms with E-state index in [1.807, 2.05) is 47.9 Å². The van der Waals surface area contributed by atoms with E-state index < -0.39 is 0 Å². The highest BCUT2D eigenvalue weighted by molar-refractivity contribution is 8.00. The summed E-state index contributed by atoms with van der Waals surface area (Å²) in [6.07, 6.45) is 3.50. The van der Waals surface area contributed by atoms with Gasteiger partial charge in [-0.25, -0.2) is 0 Å². The van der Waals surface area contributed by atoms with Gasteiger partial charge in [-0.2, -0.15) is 11.8 Å². The second-order valence-electron chi connectivity index (χ2n) is 5.10. The molecule has 2 aromatic rings. The van der Waals surface area contributed by atoms with E-state index in [1.165, 1.54) is 0 Å². The van der Waals surface area contributed by atoms with Crippen molar-refractivity contribution in [2.24, 2.45) is 0 Å². The van der Waals surface area contributed by atoms with Crippen molar-refractivity contribution in [3.05, 3.63) is 48.2 Å². The molecule has 0 saturated carbocycles. The zero-order valence-electron chi connectivity index (χ0n) is 12.4. The van der Waals surface area contributed by atoms with E-state index in [2.05, 4.69) is 4.98 Å². The van der Waals surface area contributed by atoms with Crippen LogP contribution in [0.5, 0.6) is 0 Å². The van der Waals surface area contributed by atoms with Crippen molar-refractivity contribution in [3.63, 3.8) is 0 Å². The predicted octanol–water partition coefficient (Wildman–Crippen LogP) is 3.39. The lowest BCUT2D eigenvalue weighted by Gasteiger charge is -2.34. The van der Waals surface area contributed by atoms with Crippen molar-refractivity contribution < 1.29 is 9.21 Å². The molecule has 3 heterocycles. The smallest absolute Gasteiger partial charge is 0.233 e. The van der Waals surface area contributed by atoms with Crippen LogP contribution < -0.4 is 0 Å². The number of hydrogen-bond acceptors (Lipinski definition) is 5. The summed E-state index contributed by atoms with van der Waals surface area (Å²) in [5, 5.41) is 0. The molecule has 6 heteroatoms. The number of carbonyl (C=O) groups is 1. The van der Waals surface area contributed by atoms with Crippen LogP contribution in [0.2, 0.25) is 0 Å². The summed E-state index contributed by atoms with van der Waals surface area (Å²) in [7, 11) is 0. The van der Waals surface area contributed by atoms with Crippen LogP contribution in [0.25, 0.3) is 0 Å². The molecule has 116 valence electrons. The van der Waals surface area contributed by atoms with E-state index in [-0.39, 0.29) is 11.9 Å². The maximum atomic E-state index is 12.6. The van der Waals surface area contributed by atoms with Gasteiger partial charge in [0.1, 0.15) is 11.5 Å². The molecule has 0 N–H and O–H groups in total. The molecule has 1 unspecified atom stereocenters. The highest BCUT2D eigenvalue weighted by Gasteiger charge is 2.30. The number of furan rings is 1. The third-order valence-electron chi connectivity index (χ3n) is 3.55. The standard InChI is InChI=1S/C16H18N2O2S2/c1-12-2-3-15(20-12)14-10-21-9-8-18(14)16(19)11-22-13-4-6-17-7-5-13/h2-7,14H,8-11H2,1H3. The zero-order valence-corrected chi connectivity index (χ0v) is 14.0. The van der Waals surface area contributed by atoms with Gasteiger partial charge in [-0.3, -0.25) is 9.78 Å². The fraction of sp³-hybridized carbons (Fsp3) is 0.375. The Morgan fingerprint density at radius 1 is 1.41 bits per heavy atom. The van der Waals surface area contributed by atoms with Crippen LogP contribution in [0.1, 0.15) is 17.6 Å². The van der Waals surface area contributed by atoms with Gasteiger partial charge < -0.3 is 9.32 Å². The Labute approximate surface area is 138 Å². The minimum atomic E-state index is 0.0537. The summed E-state index contributed by atoms with van der Waals surface area (Å²) in [5.74, 6) is 4.29. The number of nitrogens with zero attached hydrogens (tertiary/aromatic N) is 2. The van der Waals surface area contributed by atoms with Crippen LogP contribution in [0.4, 0.5) is 0 Å². The molecule has 3 rings (SSSR count). The molecule has 22 heavy (non-hydrogen) atoms. The lowest BCUT2D eigenvalue weighted by Crippen LogP contribution is -2.41. The molecule has 1 atom stereocenters. The first-order valence-corrected chi connectivity index (χ1v) is 9.34. The van der Waals surface area contributed by atoms with Gasteiger partial charge >= 0.3 is 0 Å². The fourth-order valence-corrected chi connectivity index (χ4v) is 4.26. The quantitative estimate of drug-likeness (QED) is 0.802. The summed E-state index contributed by atoms with van der Waals surface area (Å²) in [6.45, 7) is 2.72. The lowest BCUT2D eigenvalue weighted by atomic mass is 10.2. The number of hydrogen-bond donors (Lipinski definition) is 0. The zero-order chi connectivity index (χ0) is 15.4. The molecule has 0 aliphatic carbocycles. The van der Waals surface area contributed by atoms with Crippen molar-refractivity contribution in [2.75, 3.05) is 23.8 Å². The average Bonchev–Trinajstić information content (AvgIpc) is 3.00. The highest BCUT2D eigenvalue weighted by atomic mass is 32.2. The monoisotopic (exact) mass is 334 g/mol. The number of carbonyl (C=O) groups excluding carboxylic acids is 1. The van der Waals surface area contributed by atoms with Gasteiger partial charge in [0.05, 0.1) is 11.8 Å². The van der Waals surface area contributed by atoms with Crippen LogP contribution in [0.15, 0.2) is 46.0 Å². The molecular weight excluding hydrogens is 316 g/mol. The largest absolute Gasteiger partial charge is 0.464 e. The third kappa shape index (κ3) is 3.67. The highest BCUT2D eigenvalue weighted by Crippen LogP contribution is 2.31. The first kappa shape index (κ1) is 15.5. The van der Waals surface area contributed by atoms with Crippen LogP contribution in [-0.4, -0.2) is 39.6 Å². The summed E-state index contributed by atoms with van der Waals surface area (Å²) < 4.78 is 5.74. The molecule has 0 aromatic carbocycles. The molecule has 0 bridgehead atoms. The van der Waals surface area contributed by atoms with Crippen molar-refractivity contribution in [1.82, 2.24) is 9.88 Å². The first-order valence-electron chi connectivity index (χ1n) is 7.20.